The van der Waals surface area contributed by atoms with Gasteiger partial charge in [0.05, 0.1) is 22.4 Å². The minimum absolute atomic E-state index is 0.0279. The molecule has 0 aliphatic heterocycles. The molecule has 29 heavy (non-hydrogen) atoms. The molecule has 0 saturated heterocycles. The van der Waals surface area contributed by atoms with Crippen LogP contribution in [-0.4, -0.2) is 20.2 Å². The van der Waals surface area contributed by atoms with Gasteiger partial charge in [-0.2, -0.15) is 0 Å². The summed E-state index contributed by atoms with van der Waals surface area (Å²) in [6, 6.07) is 23.5. The van der Waals surface area contributed by atoms with Gasteiger partial charge in [-0.05, 0) is 36.4 Å². The number of halogens is 1. The summed E-state index contributed by atoms with van der Waals surface area (Å²) in [5.41, 5.74) is 3.55. The van der Waals surface area contributed by atoms with Gasteiger partial charge in [-0.15, -0.1) is 0 Å². The second kappa shape index (κ2) is 8.17. The Balaban J connectivity index is 1.84. The van der Waals surface area contributed by atoms with Gasteiger partial charge in [0.2, 0.25) is 0 Å². The van der Waals surface area contributed by atoms with Crippen LogP contribution in [0.15, 0.2) is 78.9 Å². The first kappa shape index (κ1) is 18.7. The van der Waals surface area contributed by atoms with Gasteiger partial charge in [0.15, 0.2) is 0 Å². The normalized spacial score (nSPS) is 12.3. The van der Waals surface area contributed by atoms with E-state index in [0.717, 1.165) is 0 Å². The molecule has 0 amide bonds. The maximum atomic E-state index is 10.6. The molecule has 0 saturated carbocycles. The summed E-state index contributed by atoms with van der Waals surface area (Å²) in [4.78, 5) is 9.25. The average molecular weight is 401 g/mol. The standard InChI is InChI=1S/C24H17ClN2O2/c25-18-12-10-17(11-13-18)24(29)15-22-21(14-23(28)16-6-2-1-3-7-16)26-19-8-4-5-9-20(19)27-22/h1-15,28-29H. The third-order valence-electron chi connectivity index (χ3n) is 4.38. The number of benzene rings is 3. The van der Waals surface area contributed by atoms with E-state index in [1.165, 1.54) is 6.08 Å². The summed E-state index contributed by atoms with van der Waals surface area (Å²) < 4.78 is 0. The topological polar surface area (TPSA) is 66.2 Å². The number of para-hydroxylation sites is 2. The first-order chi connectivity index (χ1) is 14.1. The van der Waals surface area contributed by atoms with E-state index in [0.29, 0.717) is 38.6 Å². The zero-order valence-corrected chi connectivity index (χ0v) is 16.1. The summed E-state index contributed by atoms with van der Waals surface area (Å²) in [7, 11) is 0. The van der Waals surface area contributed by atoms with Crippen molar-refractivity contribution < 1.29 is 10.2 Å². The Bertz CT molecular complexity index is 1220. The van der Waals surface area contributed by atoms with Crippen LogP contribution in [0.3, 0.4) is 0 Å². The van der Waals surface area contributed by atoms with Crippen LogP contribution in [0.1, 0.15) is 22.5 Å². The predicted octanol–water partition coefficient (Wildman–Crippen LogP) is 6.40. The van der Waals surface area contributed by atoms with E-state index in [1.54, 1.807) is 42.5 Å². The van der Waals surface area contributed by atoms with E-state index in [9.17, 15) is 10.2 Å². The van der Waals surface area contributed by atoms with Gasteiger partial charge in [-0.1, -0.05) is 54.1 Å². The fourth-order valence-electron chi connectivity index (χ4n) is 2.90. The molecular weight excluding hydrogens is 384 g/mol. The quantitative estimate of drug-likeness (QED) is 0.389. The maximum absolute atomic E-state index is 10.6. The highest BCUT2D eigenvalue weighted by molar-refractivity contribution is 6.30. The monoisotopic (exact) mass is 400 g/mol. The maximum Gasteiger partial charge on any atom is 0.125 e. The average Bonchev–Trinajstić information content (AvgIpc) is 2.75. The fourth-order valence-corrected chi connectivity index (χ4v) is 3.02. The van der Waals surface area contributed by atoms with Crippen LogP contribution in [0.25, 0.3) is 34.7 Å². The highest BCUT2D eigenvalue weighted by atomic mass is 35.5. The number of aliphatic hydroxyl groups excluding tert-OH is 2. The number of hydrogen-bond acceptors (Lipinski definition) is 4. The molecule has 3 aromatic carbocycles. The molecule has 4 rings (SSSR count). The number of rotatable bonds is 4. The van der Waals surface area contributed by atoms with Gasteiger partial charge < -0.3 is 10.2 Å². The van der Waals surface area contributed by atoms with Crippen LogP contribution in [0.5, 0.6) is 0 Å². The lowest BCUT2D eigenvalue weighted by atomic mass is 10.1. The Labute approximate surface area is 173 Å². The SMILES string of the molecule is OC(=Cc1nc2ccccc2nc1C=C(O)c1ccc(Cl)cc1)c1ccccc1. The van der Waals surface area contributed by atoms with Crippen molar-refractivity contribution in [3.63, 3.8) is 0 Å². The lowest BCUT2D eigenvalue weighted by Crippen LogP contribution is -1.96. The molecule has 4 aromatic rings. The lowest BCUT2D eigenvalue weighted by molar-refractivity contribution is 0.514. The summed E-state index contributed by atoms with van der Waals surface area (Å²) >= 11 is 5.92. The van der Waals surface area contributed by atoms with E-state index in [-0.39, 0.29) is 11.5 Å². The van der Waals surface area contributed by atoms with Crippen molar-refractivity contribution in [2.75, 3.05) is 0 Å². The van der Waals surface area contributed by atoms with Crippen molar-refractivity contribution in [3.8, 4) is 0 Å². The Morgan fingerprint density at radius 3 is 1.59 bits per heavy atom. The second-order valence-corrected chi connectivity index (χ2v) is 6.85. The van der Waals surface area contributed by atoms with Gasteiger partial charge in [-0.25, -0.2) is 9.97 Å². The van der Waals surface area contributed by atoms with Crippen LogP contribution in [0.2, 0.25) is 5.02 Å². The molecule has 1 heterocycles. The van der Waals surface area contributed by atoms with Crippen molar-refractivity contribution in [2.45, 2.75) is 0 Å². The number of hydrogen-bond donors (Lipinski definition) is 2. The number of nitrogens with zero attached hydrogens (tertiary/aromatic N) is 2. The molecule has 0 fully saturated rings. The molecule has 5 heteroatoms. The minimum atomic E-state index is 0.0279. The van der Waals surface area contributed by atoms with E-state index < -0.39 is 0 Å². The summed E-state index contributed by atoms with van der Waals surface area (Å²) in [5.74, 6) is 0.0934. The van der Waals surface area contributed by atoms with Crippen molar-refractivity contribution in [1.82, 2.24) is 9.97 Å². The largest absolute Gasteiger partial charge is 0.507 e. The minimum Gasteiger partial charge on any atom is -0.507 e. The molecule has 1 aromatic heterocycles. The third-order valence-corrected chi connectivity index (χ3v) is 4.63. The molecule has 0 spiro atoms. The number of aromatic nitrogens is 2. The van der Waals surface area contributed by atoms with Gasteiger partial charge in [0.1, 0.15) is 11.5 Å². The van der Waals surface area contributed by atoms with Crippen LogP contribution in [0.4, 0.5) is 0 Å². The van der Waals surface area contributed by atoms with Crippen LogP contribution in [0, 0.1) is 0 Å². The van der Waals surface area contributed by atoms with Crippen molar-refractivity contribution >= 4 is 46.3 Å². The van der Waals surface area contributed by atoms with Gasteiger partial charge in [-0.3, -0.25) is 0 Å². The van der Waals surface area contributed by atoms with Gasteiger partial charge >= 0.3 is 0 Å². The van der Waals surface area contributed by atoms with Gasteiger partial charge in [0, 0.05) is 28.3 Å². The Hall–Kier alpha value is -3.63. The molecule has 142 valence electrons. The smallest absolute Gasteiger partial charge is 0.125 e. The molecule has 2 N–H and O–H groups in total. The molecule has 0 unspecified atom stereocenters. The molecule has 0 aliphatic rings. The van der Waals surface area contributed by atoms with E-state index in [4.69, 9.17) is 11.6 Å². The van der Waals surface area contributed by atoms with E-state index >= 15 is 0 Å². The Kier molecular flexibility index (Phi) is 5.27. The highest BCUT2D eigenvalue weighted by Crippen LogP contribution is 2.23. The zero-order chi connectivity index (χ0) is 20.2. The first-order valence-corrected chi connectivity index (χ1v) is 9.37. The fraction of sp³-hybridized carbons (Fsp3) is 0. The van der Waals surface area contributed by atoms with E-state index in [1.807, 2.05) is 42.5 Å². The second-order valence-electron chi connectivity index (χ2n) is 6.41. The summed E-state index contributed by atoms with van der Waals surface area (Å²) in [6.07, 6.45) is 3.09. The number of aliphatic hydroxyl groups is 2. The third kappa shape index (κ3) is 4.28. The molecule has 4 nitrogen and oxygen atoms in total. The molecule has 0 atom stereocenters. The van der Waals surface area contributed by atoms with Crippen molar-refractivity contribution in [2.24, 2.45) is 0 Å². The molecular formula is C24H17ClN2O2. The van der Waals surface area contributed by atoms with Crippen molar-refractivity contribution in [1.29, 1.82) is 0 Å². The summed E-state index contributed by atoms with van der Waals surface area (Å²) in [5, 5.41) is 21.7. The predicted molar refractivity (Wildman–Crippen MR) is 118 cm³/mol. The van der Waals surface area contributed by atoms with Crippen LogP contribution >= 0.6 is 11.6 Å². The zero-order valence-electron chi connectivity index (χ0n) is 15.3. The molecule has 0 radical (unpaired) electrons. The molecule has 0 bridgehead atoms. The number of fused-ring (bicyclic) bond motifs is 1. The van der Waals surface area contributed by atoms with Crippen LogP contribution < -0.4 is 0 Å². The summed E-state index contributed by atoms with van der Waals surface area (Å²) in [6.45, 7) is 0. The van der Waals surface area contributed by atoms with Crippen molar-refractivity contribution in [3.05, 3.63) is 106 Å². The Morgan fingerprint density at radius 1 is 0.621 bits per heavy atom. The van der Waals surface area contributed by atoms with Crippen LogP contribution in [-0.2, 0) is 0 Å². The highest BCUT2D eigenvalue weighted by Gasteiger charge is 2.10. The Morgan fingerprint density at radius 2 is 1.07 bits per heavy atom. The van der Waals surface area contributed by atoms with Gasteiger partial charge in [0.25, 0.3) is 0 Å². The lowest BCUT2D eigenvalue weighted by Gasteiger charge is -2.07. The first-order valence-electron chi connectivity index (χ1n) is 8.99. The van der Waals surface area contributed by atoms with E-state index in [2.05, 4.69) is 9.97 Å². The molecule has 0 aliphatic carbocycles.